The van der Waals surface area contributed by atoms with Crippen molar-refractivity contribution in [2.45, 2.75) is 72.9 Å². The van der Waals surface area contributed by atoms with Crippen LogP contribution in [0.5, 0.6) is 0 Å². The molecule has 6 heteroatoms. The number of hydrogen-bond acceptors (Lipinski definition) is 4. The molecule has 1 rings (SSSR count). The van der Waals surface area contributed by atoms with E-state index in [1.54, 1.807) is 7.05 Å². The summed E-state index contributed by atoms with van der Waals surface area (Å²) in [7, 11) is 1.63. The molecule has 0 aliphatic carbocycles. The van der Waals surface area contributed by atoms with Crippen LogP contribution in [0.3, 0.4) is 0 Å². The number of likely N-dealkylation sites (tertiary alicyclic amines) is 1. The van der Waals surface area contributed by atoms with Crippen LogP contribution in [0.1, 0.15) is 60.8 Å². The molecule has 0 unspecified atom stereocenters. The molecule has 0 aromatic rings. The molecule has 2 atom stereocenters. The number of amides is 2. The van der Waals surface area contributed by atoms with E-state index in [9.17, 15) is 19.2 Å². The Morgan fingerprint density at radius 3 is 2.16 bits per heavy atom. The molecule has 6 nitrogen and oxygen atoms in total. The Balaban J connectivity index is 3.05. The highest BCUT2D eigenvalue weighted by Gasteiger charge is 2.41. The lowest BCUT2D eigenvalue weighted by Crippen LogP contribution is -2.54. The molecule has 1 fully saturated rings. The molecule has 142 valence electrons. The van der Waals surface area contributed by atoms with Gasteiger partial charge in [0.1, 0.15) is 6.04 Å². The summed E-state index contributed by atoms with van der Waals surface area (Å²) in [6.45, 7) is 11.2. The lowest BCUT2D eigenvalue weighted by atomic mass is 9.83. The highest BCUT2D eigenvalue weighted by molar-refractivity contribution is 6.35. The standard InChI is InChI=1S/C19H32N2O4/c1-12(2)11-15(16(23)19(4,5)6)20(7)18(25)14-9-8-10-21(14)17(24)13(3)22/h12,14-15H,8-11H2,1-7H3/t14-,15+/m0/s1. The van der Waals surface area contributed by atoms with Crippen LogP contribution in [0, 0.1) is 11.3 Å². The highest BCUT2D eigenvalue weighted by atomic mass is 16.2. The fraction of sp³-hybridized carbons (Fsp3) is 0.789. The minimum Gasteiger partial charge on any atom is -0.334 e. The van der Waals surface area contributed by atoms with E-state index in [2.05, 4.69) is 0 Å². The summed E-state index contributed by atoms with van der Waals surface area (Å²) < 4.78 is 0. The number of hydrogen-bond donors (Lipinski definition) is 0. The quantitative estimate of drug-likeness (QED) is 0.686. The first kappa shape index (κ1) is 21.3. The average molecular weight is 352 g/mol. The van der Waals surface area contributed by atoms with Crippen molar-refractivity contribution in [2.24, 2.45) is 11.3 Å². The van der Waals surface area contributed by atoms with E-state index < -0.39 is 29.2 Å². The van der Waals surface area contributed by atoms with Crippen LogP contribution in [-0.4, -0.2) is 58.9 Å². The van der Waals surface area contributed by atoms with Crippen molar-refractivity contribution < 1.29 is 19.2 Å². The largest absolute Gasteiger partial charge is 0.334 e. The Labute approximate surface area is 150 Å². The monoisotopic (exact) mass is 352 g/mol. The molecule has 1 saturated heterocycles. The third-order valence-corrected chi connectivity index (χ3v) is 4.65. The Hall–Kier alpha value is -1.72. The predicted octanol–water partition coefficient (Wildman–Crippen LogP) is 2.05. The van der Waals surface area contributed by atoms with E-state index in [0.717, 1.165) is 0 Å². The van der Waals surface area contributed by atoms with Crippen molar-refractivity contribution in [3.05, 3.63) is 0 Å². The van der Waals surface area contributed by atoms with Gasteiger partial charge >= 0.3 is 0 Å². The Morgan fingerprint density at radius 1 is 1.16 bits per heavy atom. The fourth-order valence-electron chi connectivity index (χ4n) is 3.24. The van der Waals surface area contributed by atoms with Crippen molar-refractivity contribution in [3.8, 4) is 0 Å². The normalized spacial score (nSPS) is 19.0. The van der Waals surface area contributed by atoms with Gasteiger partial charge in [-0.05, 0) is 25.2 Å². The van der Waals surface area contributed by atoms with Gasteiger partial charge < -0.3 is 9.80 Å². The summed E-state index contributed by atoms with van der Waals surface area (Å²) in [5, 5.41) is 0. The van der Waals surface area contributed by atoms with E-state index in [1.807, 2.05) is 34.6 Å². The molecule has 0 radical (unpaired) electrons. The van der Waals surface area contributed by atoms with Gasteiger partial charge in [-0.25, -0.2) is 0 Å². The molecule has 0 N–H and O–H groups in total. The second-order valence-electron chi connectivity index (χ2n) is 8.42. The van der Waals surface area contributed by atoms with Crippen LogP contribution in [0.15, 0.2) is 0 Å². The zero-order chi connectivity index (χ0) is 19.5. The Bertz CT molecular complexity index is 548. The van der Waals surface area contributed by atoms with E-state index in [-0.39, 0.29) is 17.6 Å². The zero-order valence-electron chi connectivity index (χ0n) is 16.6. The predicted molar refractivity (Wildman–Crippen MR) is 95.9 cm³/mol. The molecule has 0 bridgehead atoms. The molecule has 0 saturated carbocycles. The van der Waals surface area contributed by atoms with Crippen LogP contribution in [-0.2, 0) is 19.2 Å². The molecule has 0 aromatic heterocycles. The minimum atomic E-state index is -0.649. The molecule has 2 amide bonds. The molecule has 1 heterocycles. The number of carbonyl (C=O) groups excluding carboxylic acids is 4. The summed E-state index contributed by atoms with van der Waals surface area (Å²) in [6.07, 6.45) is 1.79. The Kier molecular flexibility index (Phi) is 6.91. The smallest absolute Gasteiger partial charge is 0.290 e. The molecule has 1 aliphatic heterocycles. The summed E-state index contributed by atoms with van der Waals surface area (Å²) in [5.74, 6) is -1.17. The average Bonchev–Trinajstić information content (AvgIpc) is 2.97. The van der Waals surface area contributed by atoms with Gasteiger partial charge in [-0.3, -0.25) is 19.2 Å². The summed E-state index contributed by atoms with van der Waals surface area (Å²) in [4.78, 5) is 52.2. The summed E-state index contributed by atoms with van der Waals surface area (Å²) in [5.41, 5.74) is -0.557. The second-order valence-corrected chi connectivity index (χ2v) is 8.42. The molecular formula is C19H32N2O4. The van der Waals surface area contributed by atoms with E-state index in [4.69, 9.17) is 0 Å². The first-order chi connectivity index (χ1) is 11.4. The zero-order valence-corrected chi connectivity index (χ0v) is 16.6. The van der Waals surface area contributed by atoms with Gasteiger partial charge in [-0.2, -0.15) is 0 Å². The van der Waals surface area contributed by atoms with Gasteiger partial charge in [0.25, 0.3) is 5.91 Å². The number of ketones is 2. The number of rotatable bonds is 6. The first-order valence-electron chi connectivity index (χ1n) is 9.00. The van der Waals surface area contributed by atoms with Crippen LogP contribution >= 0.6 is 0 Å². The lowest BCUT2D eigenvalue weighted by Gasteiger charge is -2.35. The maximum absolute atomic E-state index is 13.0. The van der Waals surface area contributed by atoms with Crippen LogP contribution in [0.4, 0.5) is 0 Å². The number of likely N-dealkylation sites (N-methyl/N-ethyl adjacent to an activating group) is 1. The van der Waals surface area contributed by atoms with Crippen LogP contribution in [0.2, 0.25) is 0 Å². The molecule has 0 spiro atoms. The second kappa shape index (κ2) is 8.11. The van der Waals surface area contributed by atoms with E-state index in [1.165, 1.54) is 16.7 Å². The number of nitrogens with zero attached hydrogens (tertiary/aromatic N) is 2. The summed E-state index contributed by atoms with van der Waals surface area (Å²) >= 11 is 0. The Morgan fingerprint density at radius 2 is 1.72 bits per heavy atom. The van der Waals surface area contributed by atoms with Gasteiger partial charge in [0, 0.05) is 25.9 Å². The van der Waals surface area contributed by atoms with E-state index in [0.29, 0.717) is 25.8 Å². The van der Waals surface area contributed by atoms with Gasteiger partial charge in [-0.1, -0.05) is 34.6 Å². The maximum Gasteiger partial charge on any atom is 0.290 e. The van der Waals surface area contributed by atoms with Crippen molar-refractivity contribution >= 4 is 23.4 Å². The molecule has 25 heavy (non-hydrogen) atoms. The van der Waals surface area contributed by atoms with Gasteiger partial charge in [0.2, 0.25) is 11.7 Å². The topological polar surface area (TPSA) is 74.8 Å². The van der Waals surface area contributed by atoms with Crippen molar-refractivity contribution in [1.82, 2.24) is 9.80 Å². The van der Waals surface area contributed by atoms with Gasteiger partial charge in [0.15, 0.2) is 5.78 Å². The van der Waals surface area contributed by atoms with Crippen molar-refractivity contribution in [1.29, 1.82) is 0 Å². The number of carbonyl (C=O) groups is 4. The van der Waals surface area contributed by atoms with Crippen LogP contribution in [0.25, 0.3) is 0 Å². The third-order valence-electron chi connectivity index (χ3n) is 4.65. The van der Waals surface area contributed by atoms with Crippen LogP contribution < -0.4 is 0 Å². The maximum atomic E-state index is 13.0. The minimum absolute atomic E-state index is 0.0134. The van der Waals surface area contributed by atoms with Crippen molar-refractivity contribution in [2.75, 3.05) is 13.6 Å². The van der Waals surface area contributed by atoms with E-state index >= 15 is 0 Å². The third kappa shape index (κ3) is 5.13. The van der Waals surface area contributed by atoms with Gasteiger partial charge in [-0.15, -0.1) is 0 Å². The van der Waals surface area contributed by atoms with Gasteiger partial charge in [0.05, 0.1) is 6.04 Å². The molecular weight excluding hydrogens is 320 g/mol. The summed E-state index contributed by atoms with van der Waals surface area (Å²) in [6, 6.07) is -1.17. The lowest BCUT2D eigenvalue weighted by molar-refractivity contribution is -0.151. The molecule has 1 aliphatic rings. The SMILES string of the molecule is CC(=O)C(=O)N1CCC[C@H]1C(=O)N(C)[C@H](CC(C)C)C(=O)C(C)(C)C. The van der Waals surface area contributed by atoms with Crippen molar-refractivity contribution in [3.63, 3.8) is 0 Å². The highest BCUT2D eigenvalue weighted by Crippen LogP contribution is 2.26. The number of Topliss-reactive ketones (excluding diaryl/α,β-unsaturated/α-hetero) is 2. The first-order valence-corrected chi connectivity index (χ1v) is 9.00. The fourth-order valence-corrected chi connectivity index (χ4v) is 3.24. The molecule has 0 aromatic carbocycles.